The van der Waals surface area contributed by atoms with Gasteiger partial charge in [0.1, 0.15) is 4.70 Å². The van der Waals surface area contributed by atoms with Crippen molar-refractivity contribution < 1.29 is 9.36 Å². The van der Waals surface area contributed by atoms with Crippen LogP contribution in [-0.2, 0) is 6.54 Å². The number of benzene rings is 3. The molecule has 0 atom stereocenters. The molecule has 1 heterocycles. The summed E-state index contributed by atoms with van der Waals surface area (Å²) in [5.74, 6) is 0.128. The summed E-state index contributed by atoms with van der Waals surface area (Å²) < 4.78 is 3.22. The molecule has 2 nitrogen and oxygen atoms in total. The van der Waals surface area contributed by atoms with Gasteiger partial charge in [-0.1, -0.05) is 78.1 Å². The first-order valence-electron chi connectivity index (χ1n) is 7.85. The van der Waals surface area contributed by atoms with Crippen LogP contribution in [0.1, 0.15) is 10.4 Å². The van der Waals surface area contributed by atoms with Crippen molar-refractivity contribution in [2.45, 2.75) is 6.54 Å². The molecule has 0 aliphatic rings. The number of Topliss-reactive ketones (excluding diaryl/α,β-unsaturated/α-hetero) is 1. The molecule has 0 saturated carbocycles. The molecule has 0 unspecified atom stereocenters. The molecule has 116 valence electrons. The summed E-state index contributed by atoms with van der Waals surface area (Å²) >= 11 is 1.66. The molecular weight excluding hydrogens is 314 g/mol. The molecule has 4 rings (SSSR count). The zero-order valence-corrected chi connectivity index (χ0v) is 13.9. The highest BCUT2D eigenvalue weighted by molar-refractivity contribution is 7.16. The van der Waals surface area contributed by atoms with Crippen molar-refractivity contribution in [3.63, 3.8) is 0 Å². The topological polar surface area (TPSA) is 20.9 Å². The van der Waals surface area contributed by atoms with E-state index in [1.165, 1.54) is 4.70 Å². The zero-order chi connectivity index (χ0) is 16.4. The van der Waals surface area contributed by atoms with Gasteiger partial charge in [0.2, 0.25) is 23.4 Å². The van der Waals surface area contributed by atoms with E-state index in [9.17, 15) is 4.79 Å². The summed E-state index contributed by atoms with van der Waals surface area (Å²) in [6, 6.07) is 26.2. The predicted molar refractivity (Wildman–Crippen MR) is 98.2 cm³/mol. The van der Waals surface area contributed by atoms with E-state index >= 15 is 0 Å². The second-order valence-electron chi connectivity index (χ2n) is 5.69. The molecule has 3 heteroatoms. The number of carbonyl (C=O) groups is 1. The third-order valence-corrected chi connectivity index (χ3v) is 5.07. The SMILES string of the molecule is O=C(C[n+]1csc2ccccc21)c1ccc(-c2ccccc2)cc1. The lowest BCUT2D eigenvalue weighted by Crippen LogP contribution is -2.36. The second-order valence-corrected chi connectivity index (χ2v) is 6.57. The van der Waals surface area contributed by atoms with Crippen molar-refractivity contribution in [1.82, 2.24) is 0 Å². The Hall–Kier alpha value is -2.78. The van der Waals surface area contributed by atoms with Gasteiger partial charge in [-0.05, 0) is 17.2 Å². The van der Waals surface area contributed by atoms with Gasteiger partial charge >= 0.3 is 0 Å². The Morgan fingerprint density at radius 2 is 1.46 bits per heavy atom. The number of hydrogen-bond donors (Lipinski definition) is 0. The van der Waals surface area contributed by atoms with Crippen molar-refractivity contribution in [2.24, 2.45) is 0 Å². The second kappa shape index (κ2) is 6.38. The van der Waals surface area contributed by atoms with Crippen LogP contribution in [0.5, 0.6) is 0 Å². The van der Waals surface area contributed by atoms with Crippen LogP contribution in [0.3, 0.4) is 0 Å². The Morgan fingerprint density at radius 3 is 2.25 bits per heavy atom. The molecule has 3 aromatic carbocycles. The van der Waals surface area contributed by atoms with E-state index in [0.717, 1.165) is 22.2 Å². The number of hydrogen-bond acceptors (Lipinski definition) is 2. The van der Waals surface area contributed by atoms with E-state index in [4.69, 9.17) is 0 Å². The summed E-state index contributed by atoms with van der Waals surface area (Å²) in [4.78, 5) is 12.6. The Labute approximate surface area is 144 Å². The molecule has 0 aliphatic heterocycles. The summed E-state index contributed by atoms with van der Waals surface area (Å²) in [5, 5.41) is 0. The Bertz CT molecular complexity index is 987. The predicted octanol–water partition coefficient (Wildman–Crippen LogP) is 4.74. The largest absolute Gasteiger partial charge is 0.287 e. The normalized spacial score (nSPS) is 10.8. The van der Waals surface area contributed by atoms with Crippen molar-refractivity contribution in [3.8, 4) is 11.1 Å². The zero-order valence-electron chi connectivity index (χ0n) is 13.1. The highest BCUT2D eigenvalue weighted by Gasteiger charge is 2.16. The minimum Gasteiger partial charge on any atom is -0.287 e. The fraction of sp³-hybridized carbons (Fsp3) is 0.0476. The average molecular weight is 330 g/mol. The molecule has 4 aromatic rings. The van der Waals surface area contributed by atoms with E-state index in [1.54, 1.807) is 11.3 Å². The van der Waals surface area contributed by atoms with Gasteiger partial charge in [-0.25, -0.2) is 0 Å². The van der Waals surface area contributed by atoms with Crippen molar-refractivity contribution in [1.29, 1.82) is 0 Å². The van der Waals surface area contributed by atoms with E-state index in [2.05, 4.69) is 24.3 Å². The maximum absolute atomic E-state index is 12.6. The van der Waals surface area contributed by atoms with E-state index in [0.29, 0.717) is 6.54 Å². The molecule has 1 aromatic heterocycles. The third kappa shape index (κ3) is 2.86. The van der Waals surface area contributed by atoms with E-state index < -0.39 is 0 Å². The van der Waals surface area contributed by atoms with Gasteiger partial charge in [0.15, 0.2) is 0 Å². The van der Waals surface area contributed by atoms with E-state index in [-0.39, 0.29) is 5.78 Å². The number of carbonyl (C=O) groups excluding carboxylic acids is 1. The summed E-state index contributed by atoms with van der Waals surface area (Å²) in [5.41, 5.74) is 6.16. The molecule has 0 fully saturated rings. The lowest BCUT2D eigenvalue weighted by molar-refractivity contribution is -0.652. The van der Waals surface area contributed by atoms with Crippen molar-refractivity contribution in [2.75, 3.05) is 0 Å². The highest BCUT2D eigenvalue weighted by atomic mass is 32.1. The number of para-hydroxylation sites is 1. The van der Waals surface area contributed by atoms with Crippen LogP contribution in [0.2, 0.25) is 0 Å². The molecule has 0 saturated heterocycles. The van der Waals surface area contributed by atoms with Crippen molar-refractivity contribution >= 4 is 27.3 Å². The van der Waals surface area contributed by atoms with E-state index in [1.807, 2.05) is 64.7 Å². The fourth-order valence-corrected chi connectivity index (χ4v) is 3.71. The first kappa shape index (κ1) is 14.8. The number of ketones is 1. The molecule has 0 aliphatic carbocycles. The smallest absolute Gasteiger partial charge is 0.227 e. The van der Waals surface area contributed by atoms with Gasteiger partial charge in [0.25, 0.3) is 0 Å². The first-order valence-corrected chi connectivity index (χ1v) is 8.73. The Morgan fingerprint density at radius 1 is 0.792 bits per heavy atom. The number of fused-ring (bicyclic) bond motifs is 1. The molecule has 0 radical (unpaired) electrons. The van der Waals surface area contributed by atoms with Gasteiger partial charge in [0, 0.05) is 11.6 Å². The lowest BCUT2D eigenvalue weighted by atomic mass is 10.0. The summed E-state index contributed by atoms with van der Waals surface area (Å²) in [6.07, 6.45) is 0. The van der Waals surface area contributed by atoms with Crippen LogP contribution in [0.15, 0.2) is 84.4 Å². The third-order valence-electron chi connectivity index (χ3n) is 4.11. The monoisotopic (exact) mass is 330 g/mol. The number of nitrogens with zero attached hydrogens (tertiary/aromatic N) is 1. The molecule has 0 bridgehead atoms. The Kier molecular flexibility index (Phi) is 3.93. The van der Waals surface area contributed by atoms with Crippen molar-refractivity contribution in [3.05, 3.63) is 89.9 Å². The molecule has 0 N–H and O–H groups in total. The van der Waals surface area contributed by atoms with Gasteiger partial charge in [-0.2, -0.15) is 4.57 Å². The summed E-state index contributed by atoms with van der Waals surface area (Å²) in [6.45, 7) is 0.370. The number of rotatable bonds is 4. The molecular formula is C21H16NOS+. The molecule has 0 amide bonds. The summed E-state index contributed by atoms with van der Waals surface area (Å²) in [7, 11) is 0. The van der Waals surface area contributed by atoms with Crippen LogP contribution >= 0.6 is 11.3 Å². The molecule has 0 spiro atoms. The maximum atomic E-state index is 12.6. The Balaban J connectivity index is 1.56. The minimum absolute atomic E-state index is 0.128. The van der Waals surface area contributed by atoms with Gasteiger partial charge in [-0.3, -0.25) is 4.79 Å². The first-order chi connectivity index (χ1) is 11.8. The quantitative estimate of drug-likeness (QED) is 0.391. The van der Waals surface area contributed by atoms with Crippen LogP contribution in [0.4, 0.5) is 0 Å². The number of thiazole rings is 1. The highest BCUT2D eigenvalue weighted by Crippen LogP contribution is 2.20. The van der Waals surface area contributed by atoms with Crippen LogP contribution in [0, 0.1) is 0 Å². The average Bonchev–Trinajstić information content (AvgIpc) is 3.06. The fourth-order valence-electron chi connectivity index (χ4n) is 2.82. The standard InChI is InChI=1S/C21H16NOS/c23-20(14-22-15-24-21-9-5-4-8-19(21)22)18-12-10-17(11-13-18)16-6-2-1-3-7-16/h1-13,15H,14H2/q+1. The lowest BCUT2D eigenvalue weighted by Gasteiger charge is -2.03. The van der Waals surface area contributed by atoms with Crippen LogP contribution < -0.4 is 4.57 Å². The molecule has 24 heavy (non-hydrogen) atoms. The maximum Gasteiger partial charge on any atom is 0.227 e. The van der Waals surface area contributed by atoms with Crippen LogP contribution in [0.25, 0.3) is 21.3 Å². The number of aromatic nitrogens is 1. The van der Waals surface area contributed by atoms with Gasteiger partial charge < -0.3 is 0 Å². The van der Waals surface area contributed by atoms with Gasteiger partial charge in [0.05, 0.1) is 0 Å². The van der Waals surface area contributed by atoms with Gasteiger partial charge in [-0.15, -0.1) is 0 Å². The van der Waals surface area contributed by atoms with Crippen LogP contribution in [-0.4, -0.2) is 5.78 Å². The minimum atomic E-state index is 0.128.